The Morgan fingerprint density at radius 2 is 2.14 bits per heavy atom. The van der Waals surface area contributed by atoms with E-state index in [0.29, 0.717) is 5.56 Å². The summed E-state index contributed by atoms with van der Waals surface area (Å²) in [6, 6.07) is 1.69. The smallest absolute Gasteiger partial charge is 0.328 e. The van der Waals surface area contributed by atoms with Crippen LogP contribution in [0.15, 0.2) is 17.5 Å². The molecule has 0 aliphatic carbocycles. The van der Waals surface area contributed by atoms with E-state index in [4.69, 9.17) is 5.11 Å². The highest BCUT2D eigenvalue weighted by molar-refractivity contribution is 7.89. The van der Waals surface area contributed by atoms with Crippen LogP contribution in [0.5, 0.6) is 0 Å². The van der Waals surface area contributed by atoms with Crippen LogP contribution in [-0.2, 0) is 30.9 Å². The van der Waals surface area contributed by atoms with Crippen molar-refractivity contribution in [2.24, 2.45) is 0 Å². The zero-order valence-corrected chi connectivity index (χ0v) is 13.1. The maximum absolute atomic E-state index is 11.9. The van der Waals surface area contributed by atoms with Gasteiger partial charge in [0.05, 0.1) is 7.11 Å². The number of carboxylic acids is 1. The van der Waals surface area contributed by atoms with Crippen molar-refractivity contribution in [3.8, 4) is 0 Å². The Balaban J connectivity index is 2.73. The molecule has 0 amide bonds. The van der Waals surface area contributed by atoms with E-state index in [1.807, 2.05) is 0 Å². The van der Waals surface area contributed by atoms with Crippen molar-refractivity contribution in [3.63, 3.8) is 0 Å². The molecule has 0 aliphatic rings. The third-order valence-corrected chi connectivity index (χ3v) is 5.09. The fourth-order valence-corrected chi connectivity index (χ4v) is 3.33. The predicted octanol–water partition coefficient (Wildman–Crippen LogP) is 0.781. The van der Waals surface area contributed by atoms with Gasteiger partial charge >= 0.3 is 11.9 Å². The van der Waals surface area contributed by atoms with Gasteiger partial charge in [-0.15, -0.1) is 11.3 Å². The second-order valence-electron chi connectivity index (χ2n) is 4.11. The number of carbonyl (C=O) groups excluding carboxylic acids is 1. The van der Waals surface area contributed by atoms with Crippen LogP contribution in [0.4, 0.5) is 0 Å². The molecule has 7 nitrogen and oxygen atoms in total. The third kappa shape index (κ3) is 5.66. The monoisotopic (exact) mass is 333 g/mol. The first kappa shape index (κ1) is 17.3. The van der Waals surface area contributed by atoms with E-state index in [1.165, 1.54) is 24.5 Å². The van der Waals surface area contributed by atoms with Crippen molar-refractivity contribution in [3.05, 3.63) is 28.0 Å². The van der Waals surface area contributed by atoms with Gasteiger partial charge in [0.15, 0.2) is 5.75 Å². The van der Waals surface area contributed by atoms with Gasteiger partial charge in [-0.05, 0) is 23.1 Å². The Labute approximate surface area is 126 Å². The molecule has 21 heavy (non-hydrogen) atoms. The van der Waals surface area contributed by atoms with Crippen molar-refractivity contribution < 1.29 is 27.9 Å². The lowest BCUT2D eigenvalue weighted by Crippen LogP contribution is -2.32. The van der Waals surface area contributed by atoms with E-state index in [-0.39, 0.29) is 6.54 Å². The van der Waals surface area contributed by atoms with Crippen molar-refractivity contribution in [1.29, 1.82) is 0 Å². The van der Waals surface area contributed by atoms with Crippen LogP contribution in [0, 0.1) is 0 Å². The van der Waals surface area contributed by atoms with Gasteiger partial charge in [0.1, 0.15) is 0 Å². The van der Waals surface area contributed by atoms with Gasteiger partial charge in [0.2, 0.25) is 10.0 Å². The predicted molar refractivity (Wildman–Crippen MR) is 78.3 cm³/mol. The Morgan fingerprint density at radius 3 is 2.71 bits per heavy atom. The molecule has 9 heteroatoms. The minimum absolute atomic E-state index is 0.102. The lowest BCUT2D eigenvalue weighted by atomic mass is 10.3. The van der Waals surface area contributed by atoms with Crippen molar-refractivity contribution in [1.82, 2.24) is 4.31 Å². The average Bonchev–Trinajstić information content (AvgIpc) is 2.83. The van der Waals surface area contributed by atoms with E-state index in [9.17, 15) is 18.0 Å². The number of thiophene rings is 1. The zero-order valence-electron chi connectivity index (χ0n) is 11.5. The number of hydrogen-bond acceptors (Lipinski definition) is 6. The molecule has 0 fully saturated rings. The standard InChI is InChI=1S/C12H15NO6S2/c1-13(21(17,18)8-12(16)19-2)6-10-5-9(7-20-10)3-4-11(14)15/h3-5,7H,6,8H2,1-2H3,(H,14,15). The molecule has 116 valence electrons. The molecule has 0 atom stereocenters. The molecule has 0 bridgehead atoms. The van der Waals surface area contributed by atoms with E-state index >= 15 is 0 Å². The summed E-state index contributed by atoms with van der Waals surface area (Å²) in [5, 5.41) is 10.2. The van der Waals surface area contributed by atoms with Crippen molar-refractivity contribution in [2.45, 2.75) is 6.54 Å². The molecule has 0 saturated carbocycles. The second-order valence-corrected chi connectivity index (χ2v) is 7.18. The van der Waals surface area contributed by atoms with Crippen LogP contribution in [0.3, 0.4) is 0 Å². The van der Waals surface area contributed by atoms with E-state index in [1.54, 1.807) is 11.4 Å². The second kappa shape index (κ2) is 7.34. The SMILES string of the molecule is COC(=O)CS(=O)(=O)N(C)Cc1cc(C=CC(=O)O)cs1. The van der Waals surface area contributed by atoms with Crippen LogP contribution >= 0.6 is 11.3 Å². The molecule has 1 aromatic heterocycles. The fourth-order valence-electron chi connectivity index (χ4n) is 1.37. The Kier molecular flexibility index (Phi) is 6.06. The molecule has 0 radical (unpaired) electrons. The summed E-state index contributed by atoms with van der Waals surface area (Å²) < 4.78 is 29.1. The van der Waals surface area contributed by atoms with E-state index in [2.05, 4.69) is 4.74 Å². The van der Waals surface area contributed by atoms with Gasteiger partial charge in [0, 0.05) is 24.5 Å². The molecule has 1 aromatic rings. The molecule has 1 rings (SSSR count). The molecule has 0 saturated heterocycles. The first-order chi connectivity index (χ1) is 9.74. The average molecular weight is 333 g/mol. The number of nitrogens with zero attached hydrogens (tertiary/aromatic N) is 1. The number of carbonyl (C=O) groups is 2. The quantitative estimate of drug-likeness (QED) is 0.584. The van der Waals surface area contributed by atoms with Crippen LogP contribution < -0.4 is 0 Å². The third-order valence-electron chi connectivity index (χ3n) is 2.47. The topological polar surface area (TPSA) is 101 Å². The summed E-state index contributed by atoms with van der Waals surface area (Å²) in [6.07, 6.45) is 2.43. The van der Waals surface area contributed by atoms with Gasteiger partial charge in [-0.1, -0.05) is 0 Å². The highest BCUT2D eigenvalue weighted by Gasteiger charge is 2.23. The largest absolute Gasteiger partial charge is 0.478 e. The Bertz CT molecular complexity index is 646. The molecule has 1 heterocycles. The molecule has 0 aliphatic heterocycles. The number of aliphatic carboxylic acids is 1. The normalized spacial score (nSPS) is 12.0. The molecule has 0 spiro atoms. The van der Waals surface area contributed by atoms with E-state index < -0.39 is 27.7 Å². The molecule has 0 unspecified atom stereocenters. The highest BCUT2D eigenvalue weighted by Crippen LogP contribution is 2.19. The highest BCUT2D eigenvalue weighted by atomic mass is 32.2. The lowest BCUT2D eigenvalue weighted by molar-refractivity contribution is -0.137. The number of carboxylic acid groups (broad SMARTS) is 1. The first-order valence-electron chi connectivity index (χ1n) is 5.74. The van der Waals surface area contributed by atoms with E-state index in [0.717, 1.165) is 22.4 Å². The van der Waals surface area contributed by atoms with Crippen LogP contribution in [-0.4, -0.2) is 49.7 Å². The summed E-state index contributed by atoms with van der Waals surface area (Å²) in [6.45, 7) is 0.102. The minimum Gasteiger partial charge on any atom is -0.478 e. The van der Waals surface area contributed by atoms with Crippen LogP contribution in [0.25, 0.3) is 6.08 Å². The summed E-state index contributed by atoms with van der Waals surface area (Å²) in [4.78, 5) is 22.2. The van der Waals surface area contributed by atoms with Crippen molar-refractivity contribution in [2.75, 3.05) is 19.9 Å². The number of esters is 1. The molecule has 1 N–H and O–H groups in total. The Hall–Kier alpha value is -1.71. The fraction of sp³-hybridized carbons (Fsp3) is 0.333. The van der Waals surface area contributed by atoms with Gasteiger partial charge in [0.25, 0.3) is 0 Å². The molecular weight excluding hydrogens is 318 g/mol. The maximum Gasteiger partial charge on any atom is 0.328 e. The molecule has 0 aromatic carbocycles. The summed E-state index contributed by atoms with van der Waals surface area (Å²) >= 11 is 1.30. The van der Waals surface area contributed by atoms with Gasteiger partial charge < -0.3 is 9.84 Å². The van der Waals surface area contributed by atoms with Gasteiger partial charge in [-0.25, -0.2) is 13.2 Å². The molecular formula is C12H15NO6S2. The van der Waals surface area contributed by atoms with Crippen molar-refractivity contribution >= 4 is 39.4 Å². The van der Waals surface area contributed by atoms with Gasteiger partial charge in [-0.2, -0.15) is 4.31 Å². The number of methoxy groups -OCH3 is 1. The first-order valence-corrected chi connectivity index (χ1v) is 8.22. The minimum atomic E-state index is -3.73. The Morgan fingerprint density at radius 1 is 1.48 bits per heavy atom. The zero-order chi connectivity index (χ0) is 16.0. The summed E-state index contributed by atoms with van der Waals surface area (Å²) in [7, 11) is -1.24. The van der Waals surface area contributed by atoms with Crippen LogP contribution in [0.2, 0.25) is 0 Å². The number of sulfonamides is 1. The van der Waals surface area contributed by atoms with Gasteiger partial charge in [-0.3, -0.25) is 4.79 Å². The number of hydrogen-bond donors (Lipinski definition) is 1. The number of ether oxygens (including phenoxy) is 1. The maximum atomic E-state index is 11.9. The lowest BCUT2D eigenvalue weighted by Gasteiger charge is -2.15. The number of rotatable bonds is 7. The summed E-state index contributed by atoms with van der Waals surface area (Å²) in [5.41, 5.74) is 0.677. The summed E-state index contributed by atoms with van der Waals surface area (Å²) in [5.74, 6) is -2.59. The van der Waals surface area contributed by atoms with Crippen LogP contribution in [0.1, 0.15) is 10.4 Å².